The zero-order chi connectivity index (χ0) is 5.91. The van der Waals surface area contributed by atoms with Crippen LogP contribution in [0.25, 0.3) is 0 Å². The van der Waals surface area contributed by atoms with Crippen molar-refractivity contribution in [1.82, 2.24) is 0 Å². The Morgan fingerprint density at radius 1 is 1.12 bits per heavy atom. The molecule has 0 fully saturated rings. The third-order valence-corrected chi connectivity index (χ3v) is 1.60. The Kier molecular flexibility index (Phi) is 7.22. The Bertz CT molecular complexity index is 52.0. The monoisotopic (exact) mass is 148 g/mol. The van der Waals surface area contributed by atoms with Gasteiger partial charge < -0.3 is 18.4 Å². The van der Waals surface area contributed by atoms with E-state index in [0.29, 0.717) is 0 Å². The van der Waals surface area contributed by atoms with Crippen molar-refractivity contribution in [2.45, 2.75) is 0 Å². The van der Waals surface area contributed by atoms with Gasteiger partial charge in [-0.25, -0.2) is 0 Å². The Morgan fingerprint density at radius 2 is 1.38 bits per heavy atom. The first-order valence-electron chi connectivity index (χ1n) is 1.67. The average molecular weight is 148 g/mol. The molecule has 0 heterocycles. The molecule has 0 amide bonds. The molecule has 6 heteroatoms. The summed E-state index contributed by atoms with van der Waals surface area (Å²) in [6, 6.07) is 0. The predicted octanol–water partition coefficient (Wildman–Crippen LogP) is -1.95. The molecule has 0 aliphatic heterocycles. The van der Waals surface area contributed by atoms with Crippen molar-refractivity contribution in [3.05, 3.63) is 0 Å². The first kappa shape index (κ1) is 11.8. The summed E-state index contributed by atoms with van der Waals surface area (Å²) >= 11 is 0. The third kappa shape index (κ3) is 5.20. The van der Waals surface area contributed by atoms with Crippen LogP contribution in [0, 0.1) is 0 Å². The van der Waals surface area contributed by atoms with Gasteiger partial charge in [0, 0.05) is 14.2 Å². The minimum atomic E-state index is -3.65. The van der Waals surface area contributed by atoms with E-state index in [1.807, 2.05) is 0 Å². The fourth-order valence-corrected chi connectivity index (χ4v) is 0.250. The molecule has 0 unspecified atom stereocenters. The summed E-state index contributed by atoms with van der Waals surface area (Å²) in [6.07, 6.45) is 0. The summed E-state index contributed by atoms with van der Waals surface area (Å²) < 4.78 is 8.23. The maximum atomic E-state index is 8.38. The van der Waals surface area contributed by atoms with E-state index >= 15 is 0 Å². The standard InChI is InChI=1S/C2H8O4Si.Na.H/c1-5-7(3,4)6-2;;/h3-4H,1-2H3;;. The second-order valence-electron chi connectivity index (χ2n) is 0.957. The van der Waals surface area contributed by atoms with Crippen molar-refractivity contribution in [3.8, 4) is 0 Å². The first-order chi connectivity index (χ1) is 3.12. The van der Waals surface area contributed by atoms with Gasteiger partial charge in [-0.1, -0.05) is 0 Å². The number of rotatable bonds is 2. The van der Waals surface area contributed by atoms with Crippen LogP contribution in [0.1, 0.15) is 0 Å². The molecule has 0 saturated carbocycles. The van der Waals surface area contributed by atoms with Crippen LogP contribution in [-0.2, 0) is 8.85 Å². The zero-order valence-electron chi connectivity index (χ0n) is 4.21. The van der Waals surface area contributed by atoms with E-state index in [2.05, 4.69) is 8.85 Å². The van der Waals surface area contributed by atoms with Gasteiger partial charge in [0.15, 0.2) is 0 Å². The van der Waals surface area contributed by atoms with Gasteiger partial charge in [0.05, 0.1) is 0 Å². The number of hydrogen-bond acceptors (Lipinski definition) is 4. The summed E-state index contributed by atoms with van der Waals surface area (Å²) in [5.41, 5.74) is 0. The van der Waals surface area contributed by atoms with Crippen LogP contribution in [0.4, 0.5) is 0 Å². The predicted molar refractivity (Wildman–Crippen MR) is 31.4 cm³/mol. The molecule has 2 N–H and O–H groups in total. The molecular weight excluding hydrogens is 139 g/mol. The average Bonchev–Trinajstić information content (AvgIpc) is 1.68. The maximum absolute atomic E-state index is 8.38. The van der Waals surface area contributed by atoms with Gasteiger partial charge in [0.2, 0.25) is 0 Å². The number of hydrogen-bond donors (Lipinski definition) is 2. The van der Waals surface area contributed by atoms with Crippen molar-refractivity contribution in [3.63, 3.8) is 0 Å². The minimum absolute atomic E-state index is 0. The van der Waals surface area contributed by atoms with E-state index in [1.54, 1.807) is 0 Å². The molecule has 0 rings (SSSR count). The van der Waals surface area contributed by atoms with Gasteiger partial charge in [0.25, 0.3) is 0 Å². The molecule has 0 aromatic rings. The molecule has 0 radical (unpaired) electrons. The van der Waals surface area contributed by atoms with Gasteiger partial charge in [0.1, 0.15) is 0 Å². The summed E-state index contributed by atoms with van der Waals surface area (Å²) in [7, 11) is -1.30. The molecule has 0 atom stereocenters. The quantitative estimate of drug-likeness (QED) is 0.447. The molecule has 0 aliphatic rings. The van der Waals surface area contributed by atoms with Crippen molar-refractivity contribution < 1.29 is 18.4 Å². The first-order valence-corrected chi connectivity index (χ1v) is 3.38. The molecule has 0 spiro atoms. The van der Waals surface area contributed by atoms with Crippen molar-refractivity contribution in [1.29, 1.82) is 0 Å². The summed E-state index contributed by atoms with van der Waals surface area (Å²) in [4.78, 5) is 16.8. The molecule has 0 saturated heterocycles. The fourth-order valence-electron chi connectivity index (χ4n) is 0.0833. The van der Waals surface area contributed by atoms with Crippen LogP contribution >= 0.6 is 0 Å². The topological polar surface area (TPSA) is 58.9 Å². The van der Waals surface area contributed by atoms with Crippen LogP contribution in [0.3, 0.4) is 0 Å². The van der Waals surface area contributed by atoms with Gasteiger partial charge >= 0.3 is 38.6 Å². The van der Waals surface area contributed by atoms with Gasteiger partial charge in [-0.15, -0.1) is 0 Å². The molecule has 0 bridgehead atoms. The van der Waals surface area contributed by atoms with E-state index in [9.17, 15) is 0 Å². The SMILES string of the molecule is CO[Si](O)(O)OC.[NaH]. The molecule has 0 aromatic carbocycles. The van der Waals surface area contributed by atoms with Gasteiger partial charge in [-0.05, 0) is 0 Å². The van der Waals surface area contributed by atoms with Gasteiger partial charge in [-0.3, -0.25) is 0 Å². The van der Waals surface area contributed by atoms with E-state index in [-0.39, 0.29) is 29.6 Å². The second kappa shape index (κ2) is 4.89. The summed E-state index contributed by atoms with van der Waals surface area (Å²) in [5, 5.41) is 0. The summed E-state index contributed by atoms with van der Waals surface area (Å²) in [5.74, 6) is 0. The Balaban J connectivity index is 0. The normalized spacial score (nSPS) is 10.5. The van der Waals surface area contributed by atoms with Crippen molar-refractivity contribution in [2.75, 3.05) is 14.2 Å². The van der Waals surface area contributed by atoms with Crippen LogP contribution < -0.4 is 0 Å². The molecule has 0 aromatic heterocycles. The Hall–Kier alpha value is 1.06. The Labute approximate surface area is 71.2 Å². The van der Waals surface area contributed by atoms with E-state index < -0.39 is 9.05 Å². The Morgan fingerprint density at radius 3 is 1.38 bits per heavy atom. The second-order valence-corrected chi connectivity index (χ2v) is 2.87. The third-order valence-electron chi connectivity index (χ3n) is 0.532. The van der Waals surface area contributed by atoms with Crippen LogP contribution in [0.2, 0.25) is 0 Å². The molecule has 4 nitrogen and oxygen atoms in total. The molecule has 0 aliphatic carbocycles. The van der Waals surface area contributed by atoms with Crippen LogP contribution in [0.15, 0.2) is 0 Å². The molecular formula is C2H9NaO4Si. The zero-order valence-corrected chi connectivity index (χ0v) is 5.21. The van der Waals surface area contributed by atoms with Gasteiger partial charge in [-0.2, -0.15) is 0 Å². The van der Waals surface area contributed by atoms with E-state index in [0.717, 1.165) is 0 Å². The van der Waals surface area contributed by atoms with Crippen LogP contribution in [-0.4, -0.2) is 62.4 Å². The van der Waals surface area contributed by atoms with E-state index in [4.69, 9.17) is 9.59 Å². The fraction of sp³-hybridized carbons (Fsp3) is 1.00. The van der Waals surface area contributed by atoms with Crippen LogP contribution in [0.5, 0.6) is 0 Å². The molecule has 8 heavy (non-hydrogen) atoms. The molecule has 46 valence electrons. The van der Waals surface area contributed by atoms with Crippen molar-refractivity contribution in [2.24, 2.45) is 0 Å². The van der Waals surface area contributed by atoms with Crippen molar-refractivity contribution >= 4 is 38.6 Å². The van der Waals surface area contributed by atoms with E-state index in [1.165, 1.54) is 14.2 Å². The summed E-state index contributed by atoms with van der Waals surface area (Å²) in [6.45, 7) is 0.